The lowest BCUT2D eigenvalue weighted by Crippen LogP contribution is -2.13. The second-order valence-electron chi connectivity index (χ2n) is 12.0. The minimum atomic E-state index is 0.0506. The van der Waals surface area contributed by atoms with Crippen LogP contribution in [0.15, 0.2) is 176 Å². The number of hydrogen-bond donors (Lipinski definition) is 2. The van der Waals surface area contributed by atoms with E-state index < -0.39 is 0 Å². The second-order valence-corrected chi connectivity index (χ2v) is 12.0. The Morgan fingerprint density at radius 2 is 0.740 bits per heavy atom. The number of nitrogens with one attached hydrogen (secondary N) is 1. The van der Waals surface area contributed by atoms with Gasteiger partial charge in [-0.25, -0.2) is 0 Å². The maximum atomic E-state index is 8.29. The summed E-state index contributed by atoms with van der Waals surface area (Å²) in [5.74, 6) is 0.0506. The molecule has 0 bridgehead atoms. The number of fused-ring (bicyclic) bond motifs is 6. The summed E-state index contributed by atoms with van der Waals surface area (Å²) in [6.07, 6.45) is 1.03. The van der Waals surface area contributed by atoms with E-state index in [4.69, 9.17) is 11.1 Å². The van der Waals surface area contributed by atoms with E-state index in [1.165, 1.54) is 32.7 Å². The zero-order chi connectivity index (χ0) is 34.5. The van der Waals surface area contributed by atoms with Crippen molar-refractivity contribution in [1.82, 2.24) is 9.13 Å². The molecule has 0 saturated heterocycles. The smallest absolute Gasteiger partial charge is 0.122 e. The molecule has 4 heteroatoms. The fraction of sp³-hybridized carbons (Fsp3) is 0.0652. The Morgan fingerprint density at radius 3 is 1.06 bits per heavy atom. The molecule has 2 aromatic heterocycles. The Balaban J connectivity index is 0.000000219. The molecule has 9 aromatic rings. The second kappa shape index (κ2) is 14.4. The SMILES string of the molecule is CC.N=C(N)c1cc(-n2c3ccccc3c3ccccc32)cc(-n2c3ccccc3c3ccccc32)c1.c1ccc(Cc2ccccc2)cc1. The topological polar surface area (TPSA) is 59.7 Å². The van der Waals surface area contributed by atoms with E-state index in [1.54, 1.807) is 0 Å². The van der Waals surface area contributed by atoms with Crippen LogP contribution in [0.4, 0.5) is 0 Å². The van der Waals surface area contributed by atoms with Gasteiger partial charge in [-0.1, -0.05) is 147 Å². The van der Waals surface area contributed by atoms with Gasteiger partial charge in [-0.05, 0) is 60.0 Å². The van der Waals surface area contributed by atoms with E-state index in [9.17, 15) is 0 Å². The fourth-order valence-electron chi connectivity index (χ4n) is 6.84. The number of nitrogens with zero attached hydrogens (tertiary/aromatic N) is 2. The number of hydrogen-bond acceptors (Lipinski definition) is 1. The van der Waals surface area contributed by atoms with E-state index in [2.05, 4.69) is 173 Å². The van der Waals surface area contributed by atoms with Gasteiger partial charge in [0.25, 0.3) is 0 Å². The van der Waals surface area contributed by atoms with Crippen LogP contribution >= 0.6 is 0 Å². The van der Waals surface area contributed by atoms with Crippen molar-refractivity contribution in [3.63, 3.8) is 0 Å². The van der Waals surface area contributed by atoms with Crippen molar-refractivity contribution in [3.8, 4) is 11.4 Å². The van der Waals surface area contributed by atoms with Crippen molar-refractivity contribution in [2.45, 2.75) is 20.3 Å². The largest absolute Gasteiger partial charge is 0.384 e. The van der Waals surface area contributed by atoms with Gasteiger partial charge in [-0.3, -0.25) is 5.41 Å². The van der Waals surface area contributed by atoms with E-state index in [-0.39, 0.29) is 5.84 Å². The van der Waals surface area contributed by atoms with Crippen molar-refractivity contribution in [3.05, 3.63) is 193 Å². The first-order chi connectivity index (χ1) is 24.7. The molecule has 0 unspecified atom stereocenters. The van der Waals surface area contributed by atoms with Crippen LogP contribution in [0.1, 0.15) is 30.5 Å². The van der Waals surface area contributed by atoms with Gasteiger partial charge in [0.1, 0.15) is 5.84 Å². The molecule has 2 heterocycles. The number of benzene rings is 7. The number of amidine groups is 1. The molecule has 244 valence electrons. The molecule has 0 saturated carbocycles. The Hall–Kier alpha value is -6.39. The standard InChI is InChI=1S/C31H22N4.C13H12.C2H6/c32-31(33)20-17-21(34-27-13-5-1-9-23(27)24-10-2-6-14-28(24)34)19-22(18-20)35-29-15-7-3-11-25(29)26-12-4-8-16-30(26)35;1-3-7-12(8-4-1)11-13-9-5-2-6-10-13;1-2/h1-19H,(H3,32,33);1-10H,11H2;1-2H3. The molecule has 9 rings (SSSR count). The highest BCUT2D eigenvalue weighted by Crippen LogP contribution is 2.35. The highest BCUT2D eigenvalue weighted by atomic mass is 15.0. The van der Waals surface area contributed by atoms with Gasteiger partial charge >= 0.3 is 0 Å². The fourth-order valence-corrected chi connectivity index (χ4v) is 6.84. The molecule has 3 N–H and O–H groups in total. The summed E-state index contributed by atoms with van der Waals surface area (Å²) in [5.41, 5.74) is 16.0. The Labute approximate surface area is 293 Å². The van der Waals surface area contributed by atoms with Crippen molar-refractivity contribution < 1.29 is 0 Å². The average Bonchev–Trinajstić information content (AvgIpc) is 3.70. The lowest BCUT2D eigenvalue weighted by atomic mass is 10.1. The predicted molar refractivity (Wildman–Crippen MR) is 213 cm³/mol. The summed E-state index contributed by atoms with van der Waals surface area (Å²) in [6, 6.07) is 61.1. The normalized spacial score (nSPS) is 10.8. The molecule has 0 amide bonds. The molecule has 7 aromatic carbocycles. The van der Waals surface area contributed by atoms with Crippen LogP contribution in [0, 0.1) is 5.41 Å². The van der Waals surface area contributed by atoms with E-state index in [1.807, 2.05) is 26.0 Å². The van der Waals surface area contributed by atoms with E-state index >= 15 is 0 Å². The number of aromatic nitrogens is 2. The number of para-hydroxylation sites is 4. The van der Waals surface area contributed by atoms with Crippen LogP contribution in [-0.2, 0) is 6.42 Å². The zero-order valence-electron chi connectivity index (χ0n) is 28.4. The van der Waals surface area contributed by atoms with Gasteiger partial charge in [0, 0.05) is 38.5 Å². The maximum Gasteiger partial charge on any atom is 0.122 e. The summed E-state index contributed by atoms with van der Waals surface area (Å²) >= 11 is 0. The summed E-state index contributed by atoms with van der Waals surface area (Å²) in [7, 11) is 0. The Morgan fingerprint density at radius 1 is 0.440 bits per heavy atom. The third-order valence-electron chi connectivity index (χ3n) is 8.98. The quantitative estimate of drug-likeness (QED) is 0.142. The zero-order valence-corrected chi connectivity index (χ0v) is 28.4. The number of nitrogen functional groups attached to an aromatic ring is 1. The van der Waals surface area contributed by atoms with Crippen LogP contribution < -0.4 is 5.73 Å². The number of rotatable bonds is 5. The third-order valence-corrected chi connectivity index (χ3v) is 8.98. The summed E-state index contributed by atoms with van der Waals surface area (Å²) < 4.78 is 4.54. The Kier molecular flexibility index (Phi) is 9.26. The first-order valence-electron chi connectivity index (χ1n) is 17.2. The predicted octanol–water partition coefficient (Wildman–Crippen LogP) is 11.5. The van der Waals surface area contributed by atoms with Crippen LogP contribution in [0.3, 0.4) is 0 Å². The van der Waals surface area contributed by atoms with E-state index in [0.29, 0.717) is 5.56 Å². The molecule has 0 fully saturated rings. The van der Waals surface area contributed by atoms with Crippen LogP contribution in [-0.4, -0.2) is 15.0 Å². The first kappa shape index (κ1) is 32.2. The average molecular weight is 649 g/mol. The summed E-state index contributed by atoms with van der Waals surface area (Å²) in [6.45, 7) is 4.00. The van der Waals surface area contributed by atoms with Crippen molar-refractivity contribution in [1.29, 1.82) is 5.41 Å². The Bertz CT molecular complexity index is 2280. The van der Waals surface area contributed by atoms with Gasteiger partial charge in [0.05, 0.1) is 22.1 Å². The molecule has 0 aliphatic heterocycles. The van der Waals surface area contributed by atoms with Gasteiger partial charge in [-0.15, -0.1) is 0 Å². The van der Waals surface area contributed by atoms with Gasteiger partial charge in [0.15, 0.2) is 0 Å². The summed E-state index contributed by atoms with van der Waals surface area (Å²) in [4.78, 5) is 0. The minimum Gasteiger partial charge on any atom is -0.384 e. The van der Waals surface area contributed by atoms with Crippen molar-refractivity contribution in [2.75, 3.05) is 0 Å². The highest BCUT2D eigenvalue weighted by molar-refractivity contribution is 6.11. The molecule has 0 atom stereocenters. The molecule has 50 heavy (non-hydrogen) atoms. The highest BCUT2D eigenvalue weighted by Gasteiger charge is 2.17. The van der Waals surface area contributed by atoms with Crippen molar-refractivity contribution >= 4 is 49.4 Å². The lowest BCUT2D eigenvalue weighted by molar-refractivity contribution is 1.13. The molecular weight excluding hydrogens is 609 g/mol. The number of nitrogens with two attached hydrogens (primary N) is 1. The first-order valence-corrected chi connectivity index (χ1v) is 17.2. The van der Waals surface area contributed by atoms with E-state index in [0.717, 1.165) is 39.9 Å². The molecule has 0 radical (unpaired) electrons. The van der Waals surface area contributed by atoms with Crippen molar-refractivity contribution in [2.24, 2.45) is 5.73 Å². The van der Waals surface area contributed by atoms with Gasteiger partial charge in [0.2, 0.25) is 0 Å². The third kappa shape index (κ3) is 6.15. The monoisotopic (exact) mass is 648 g/mol. The van der Waals surface area contributed by atoms with Crippen LogP contribution in [0.2, 0.25) is 0 Å². The maximum absolute atomic E-state index is 8.29. The van der Waals surface area contributed by atoms with Crippen LogP contribution in [0.5, 0.6) is 0 Å². The summed E-state index contributed by atoms with van der Waals surface area (Å²) in [5, 5.41) is 13.1. The molecule has 0 aliphatic rings. The molecule has 0 aliphatic carbocycles. The lowest BCUT2D eigenvalue weighted by Gasteiger charge is -2.15. The molecule has 0 spiro atoms. The molecular formula is C46H40N4. The van der Waals surface area contributed by atoms with Gasteiger partial charge in [-0.2, -0.15) is 0 Å². The van der Waals surface area contributed by atoms with Gasteiger partial charge < -0.3 is 14.9 Å². The molecule has 4 nitrogen and oxygen atoms in total. The van der Waals surface area contributed by atoms with Crippen LogP contribution in [0.25, 0.3) is 55.0 Å². The minimum absolute atomic E-state index is 0.0506.